The number of phenolic OH excluding ortho intramolecular Hbond substituents is 1. The van der Waals surface area contributed by atoms with Crippen LogP contribution in [0.1, 0.15) is 24.9 Å². The minimum absolute atomic E-state index is 0.196. The number of rotatable bonds is 3. The maximum absolute atomic E-state index is 13.3. The second kappa shape index (κ2) is 4.40. The molecule has 3 N–H and O–H groups in total. The van der Waals surface area contributed by atoms with Crippen LogP contribution in [0.4, 0.5) is 8.78 Å². The zero-order valence-corrected chi connectivity index (χ0v) is 8.43. The van der Waals surface area contributed by atoms with Crippen molar-refractivity contribution in [2.75, 3.05) is 0 Å². The summed E-state index contributed by atoms with van der Waals surface area (Å²) in [5, 5.41) is 9.34. The predicted molar refractivity (Wildman–Crippen MR) is 54.4 cm³/mol. The minimum atomic E-state index is -0.872. The number of aromatic hydroxyl groups is 1. The van der Waals surface area contributed by atoms with Gasteiger partial charge in [0.15, 0.2) is 11.6 Å². The Balaban J connectivity index is 3.12. The Morgan fingerprint density at radius 1 is 1.47 bits per heavy atom. The molecule has 0 spiro atoms. The monoisotopic (exact) mass is 213 g/mol. The molecule has 1 atom stereocenters. The van der Waals surface area contributed by atoms with Crippen molar-refractivity contribution >= 4 is 0 Å². The van der Waals surface area contributed by atoms with Crippen molar-refractivity contribution in [3.05, 3.63) is 41.5 Å². The van der Waals surface area contributed by atoms with E-state index in [1.54, 1.807) is 6.92 Å². The molecule has 0 unspecified atom stereocenters. The lowest BCUT2D eigenvalue weighted by Gasteiger charge is -2.14. The van der Waals surface area contributed by atoms with Gasteiger partial charge in [-0.15, -0.1) is 6.58 Å². The highest BCUT2D eigenvalue weighted by Gasteiger charge is 2.19. The zero-order chi connectivity index (χ0) is 11.6. The number of hydrogen-bond donors (Lipinski definition) is 2. The molecule has 4 heteroatoms. The van der Waals surface area contributed by atoms with Crippen LogP contribution in [-0.4, -0.2) is 5.11 Å². The number of halogens is 2. The Hall–Kier alpha value is -1.42. The molecule has 0 bridgehead atoms. The highest BCUT2D eigenvalue weighted by molar-refractivity contribution is 5.37. The first kappa shape index (κ1) is 11.7. The van der Waals surface area contributed by atoms with E-state index in [-0.39, 0.29) is 5.56 Å². The number of nitrogens with two attached hydrogens (primary N) is 1. The molecule has 0 saturated carbocycles. The SMILES string of the molecule is C=C(C)C[C@H](N)c1c(F)ccc(F)c1O. The lowest BCUT2D eigenvalue weighted by Crippen LogP contribution is -2.13. The summed E-state index contributed by atoms with van der Waals surface area (Å²) in [4.78, 5) is 0. The largest absolute Gasteiger partial charge is 0.505 e. The average Bonchev–Trinajstić information content (AvgIpc) is 2.11. The summed E-state index contributed by atoms with van der Waals surface area (Å²) in [5.41, 5.74) is 6.18. The fourth-order valence-electron chi connectivity index (χ4n) is 1.39. The highest BCUT2D eigenvalue weighted by atomic mass is 19.1. The third-order valence-corrected chi connectivity index (χ3v) is 2.05. The van der Waals surface area contributed by atoms with E-state index in [0.29, 0.717) is 6.42 Å². The van der Waals surface area contributed by atoms with E-state index in [1.165, 1.54) is 0 Å². The van der Waals surface area contributed by atoms with Crippen molar-refractivity contribution in [2.45, 2.75) is 19.4 Å². The van der Waals surface area contributed by atoms with E-state index >= 15 is 0 Å². The molecule has 0 heterocycles. The number of benzene rings is 1. The molecule has 0 amide bonds. The normalized spacial score (nSPS) is 12.5. The summed E-state index contributed by atoms with van der Waals surface area (Å²) in [6, 6.07) is 1.03. The van der Waals surface area contributed by atoms with E-state index in [2.05, 4.69) is 6.58 Å². The van der Waals surface area contributed by atoms with Gasteiger partial charge in [-0.1, -0.05) is 5.57 Å². The summed E-state index contributed by atoms with van der Waals surface area (Å²) in [6.07, 6.45) is 0.300. The fourth-order valence-corrected chi connectivity index (χ4v) is 1.39. The minimum Gasteiger partial charge on any atom is -0.505 e. The van der Waals surface area contributed by atoms with Gasteiger partial charge in [-0.25, -0.2) is 8.78 Å². The lowest BCUT2D eigenvalue weighted by molar-refractivity contribution is 0.410. The molecule has 0 fully saturated rings. The smallest absolute Gasteiger partial charge is 0.165 e. The summed E-state index contributed by atoms with van der Waals surface area (Å²) in [6.45, 7) is 5.35. The van der Waals surface area contributed by atoms with Gasteiger partial charge in [-0.05, 0) is 25.5 Å². The van der Waals surface area contributed by atoms with Crippen molar-refractivity contribution < 1.29 is 13.9 Å². The van der Waals surface area contributed by atoms with Crippen LogP contribution in [0.5, 0.6) is 5.75 Å². The van der Waals surface area contributed by atoms with E-state index < -0.39 is 23.4 Å². The van der Waals surface area contributed by atoms with E-state index in [0.717, 1.165) is 17.7 Å². The molecule has 0 aliphatic rings. The maximum Gasteiger partial charge on any atom is 0.165 e. The second-order valence-corrected chi connectivity index (χ2v) is 3.56. The van der Waals surface area contributed by atoms with Gasteiger partial charge in [0.05, 0.1) is 0 Å². The van der Waals surface area contributed by atoms with Crippen molar-refractivity contribution in [2.24, 2.45) is 5.73 Å². The molecular formula is C11H13F2NO. The predicted octanol–water partition coefficient (Wildman–Crippen LogP) is 2.64. The van der Waals surface area contributed by atoms with E-state index in [9.17, 15) is 13.9 Å². The molecule has 2 nitrogen and oxygen atoms in total. The van der Waals surface area contributed by atoms with Crippen molar-refractivity contribution in [1.82, 2.24) is 0 Å². The average molecular weight is 213 g/mol. The van der Waals surface area contributed by atoms with Crippen LogP contribution < -0.4 is 5.73 Å². The molecule has 1 aromatic carbocycles. The van der Waals surface area contributed by atoms with Crippen molar-refractivity contribution in [1.29, 1.82) is 0 Å². The highest BCUT2D eigenvalue weighted by Crippen LogP contribution is 2.31. The number of phenols is 1. The van der Waals surface area contributed by atoms with Crippen LogP contribution in [0.3, 0.4) is 0 Å². The zero-order valence-electron chi connectivity index (χ0n) is 8.43. The molecule has 0 aliphatic heterocycles. The molecule has 0 aromatic heterocycles. The van der Waals surface area contributed by atoms with Crippen LogP contribution >= 0.6 is 0 Å². The summed E-state index contributed by atoms with van der Waals surface area (Å²) in [5.74, 6) is -2.30. The molecule has 0 saturated heterocycles. The van der Waals surface area contributed by atoms with Crippen LogP contribution in [0, 0.1) is 11.6 Å². The van der Waals surface area contributed by atoms with Gasteiger partial charge in [0.2, 0.25) is 0 Å². The number of hydrogen-bond acceptors (Lipinski definition) is 2. The summed E-state index contributed by atoms with van der Waals surface area (Å²) < 4.78 is 26.3. The van der Waals surface area contributed by atoms with Gasteiger partial charge in [0, 0.05) is 11.6 Å². The van der Waals surface area contributed by atoms with Crippen LogP contribution in [0.2, 0.25) is 0 Å². The quantitative estimate of drug-likeness (QED) is 0.758. The molecule has 82 valence electrons. The van der Waals surface area contributed by atoms with Crippen LogP contribution in [-0.2, 0) is 0 Å². The summed E-state index contributed by atoms with van der Waals surface area (Å²) in [7, 11) is 0. The van der Waals surface area contributed by atoms with Gasteiger partial charge in [-0.2, -0.15) is 0 Å². The molecule has 1 aromatic rings. The summed E-state index contributed by atoms with van der Waals surface area (Å²) >= 11 is 0. The van der Waals surface area contributed by atoms with E-state index in [4.69, 9.17) is 5.73 Å². The third kappa shape index (κ3) is 2.53. The lowest BCUT2D eigenvalue weighted by atomic mass is 9.99. The fraction of sp³-hybridized carbons (Fsp3) is 0.273. The van der Waals surface area contributed by atoms with Gasteiger partial charge < -0.3 is 10.8 Å². The van der Waals surface area contributed by atoms with Crippen LogP contribution in [0.25, 0.3) is 0 Å². The molecule has 0 radical (unpaired) electrons. The van der Waals surface area contributed by atoms with Crippen molar-refractivity contribution in [3.63, 3.8) is 0 Å². The standard InChI is InChI=1S/C11H13F2NO/c1-6(2)5-9(14)10-7(12)3-4-8(13)11(10)15/h3-4,9,15H,1,5,14H2,2H3/t9-/m0/s1. The molecule has 1 rings (SSSR count). The van der Waals surface area contributed by atoms with Gasteiger partial charge in [0.1, 0.15) is 5.82 Å². The topological polar surface area (TPSA) is 46.2 Å². The van der Waals surface area contributed by atoms with Gasteiger partial charge >= 0.3 is 0 Å². The Kier molecular flexibility index (Phi) is 3.42. The van der Waals surface area contributed by atoms with E-state index in [1.807, 2.05) is 0 Å². The second-order valence-electron chi connectivity index (χ2n) is 3.56. The van der Waals surface area contributed by atoms with Crippen LogP contribution in [0.15, 0.2) is 24.3 Å². The molecule has 0 aliphatic carbocycles. The first-order valence-corrected chi connectivity index (χ1v) is 4.50. The third-order valence-electron chi connectivity index (χ3n) is 2.05. The first-order valence-electron chi connectivity index (χ1n) is 4.50. The maximum atomic E-state index is 13.3. The Bertz CT molecular complexity index is 390. The van der Waals surface area contributed by atoms with Crippen molar-refractivity contribution in [3.8, 4) is 5.75 Å². The first-order chi connectivity index (χ1) is 6.93. The van der Waals surface area contributed by atoms with Gasteiger partial charge in [0.25, 0.3) is 0 Å². The molecule has 15 heavy (non-hydrogen) atoms. The molecular weight excluding hydrogens is 200 g/mol. The van der Waals surface area contributed by atoms with Gasteiger partial charge in [-0.3, -0.25) is 0 Å². The Morgan fingerprint density at radius 2 is 2.00 bits per heavy atom. The Morgan fingerprint density at radius 3 is 2.53 bits per heavy atom. The Labute approximate surface area is 87.0 Å².